The van der Waals surface area contributed by atoms with Crippen LogP contribution in [0, 0.1) is 13.8 Å². The van der Waals surface area contributed by atoms with Crippen molar-refractivity contribution in [2.45, 2.75) is 38.7 Å². The summed E-state index contributed by atoms with van der Waals surface area (Å²) in [4.78, 5) is 44.9. The van der Waals surface area contributed by atoms with Crippen LogP contribution in [-0.4, -0.2) is 45.3 Å². The Morgan fingerprint density at radius 1 is 1.03 bits per heavy atom. The molecule has 10 nitrogen and oxygen atoms in total. The van der Waals surface area contributed by atoms with Gasteiger partial charge >= 0.3 is 17.6 Å². The molecule has 0 spiro atoms. The number of nitrogen functional groups attached to an aromatic ring is 1. The third-order valence-corrected chi connectivity index (χ3v) is 5.45. The second kappa shape index (κ2) is 9.84. The first-order valence-electron chi connectivity index (χ1n) is 10.7. The van der Waals surface area contributed by atoms with Crippen LogP contribution in [0.4, 0.5) is 5.95 Å². The Morgan fingerprint density at radius 2 is 1.62 bits per heavy atom. The number of nitrogens with zero attached hydrogens (tertiary/aromatic N) is 3. The molecule has 1 aliphatic rings. The Labute approximate surface area is 195 Å². The second-order valence-corrected chi connectivity index (χ2v) is 8.04. The highest BCUT2D eigenvalue weighted by Gasteiger charge is 2.40. The molecule has 0 amide bonds. The molecule has 1 saturated heterocycles. The minimum atomic E-state index is -0.827. The van der Waals surface area contributed by atoms with E-state index in [1.165, 1.54) is 6.33 Å². The molecular formula is C24H24N4O6. The van der Waals surface area contributed by atoms with Gasteiger partial charge in [-0.3, -0.25) is 4.57 Å². The number of aryl methyl sites for hydroxylation is 2. The van der Waals surface area contributed by atoms with Crippen LogP contribution in [-0.2, 0) is 14.2 Å². The lowest BCUT2D eigenvalue weighted by Crippen LogP contribution is -2.32. The maximum Gasteiger partial charge on any atom is 0.354 e. The Kier molecular flexibility index (Phi) is 6.69. The number of ether oxygens (including phenoxy) is 3. The van der Waals surface area contributed by atoms with Crippen molar-refractivity contribution in [3.63, 3.8) is 0 Å². The number of esters is 2. The van der Waals surface area contributed by atoms with Gasteiger partial charge in [-0.05, 0) is 38.1 Å². The molecule has 2 heterocycles. The predicted molar refractivity (Wildman–Crippen MR) is 121 cm³/mol. The Morgan fingerprint density at radius 3 is 2.21 bits per heavy atom. The predicted octanol–water partition coefficient (Wildman–Crippen LogP) is 2.21. The van der Waals surface area contributed by atoms with Gasteiger partial charge in [-0.2, -0.15) is 4.98 Å². The molecule has 0 aliphatic carbocycles. The van der Waals surface area contributed by atoms with Gasteiger partial charge in [0.25, 0.3) is 0 Å². The molecule has 0 bridgehead atoms. The monoisotopic (exact) mass is 464 g/mol. The summed E-state index contributed by atoms with van der Waals surface area (Å²) in [5, 5.41) is 0. The van der Waals surface area contributed by atoms with E-state index in [1.807, 2.05) is 13.8 Å². The van der Waals surface area contributed by atoms with Gasteiger partial charge in [0.15, 0.2) is 0 Å². The van der Waals surface area contributed by atoms with Gasteiger partial charge in [0.1, 0.15) is 31.4 Å². The summed E-state index contributed by atoms with van der Waals surface area (Å²) in [6, 6.07) is 13.9. The van der Waals surface area contributed by atoms with Crippen molar-refractivity contribution in [2.24, 2.45) is 0 Å². The summed E-state index contributed by atoms with van der Waals surface area (Å²) >= 11 is 0. The summed E-state index contributed by atoms with van der Waals surface area (Å²) in [6.07, 6.45) is -1.06. The number of aromatic nitrogens is 3. The van der Waals surface area contributed by atoms with Gasteiger partial charge < -0.3 is 19.9 Å². The largest absolute Gasteiger partial charge is 0.459 e. The highest BCUT2D eigenvalue weighted by Crippen LogP contribution is 2.31. The Hall–Kier alpha value is -4.05. The number of nitrogens with two attached hydrogens (primary N) is 1. The van der Waals surface area contributed by atoms with E-state index in [-0.39, 0.29) is 19.0 Å². The first kappa shape index (κ1) is 23.1. The third kappa shape index (κ3) is 5.29. The van der Waals surface area contributed by atoms with E-state index >= 15 is 0 Å². The number of hydrogen-bond acceptors (Lipinski definition) is 9. The van der Waals surface area contributed by atoms with Crippen LogP contribution < -0.4 is 11.4 Å². The molecule has 3 aromatic rings. The molecule has 2 aromatic carbocycles. The zero-order chi connectivity index (χ0) is 24.2. The van der Waals surface area contributed by atoms with Crippen LogP contribution in [0.1, 0.15) is 44.5 Å². The highest BCUT2D eigenvalue weighted by molar-refractivity contribution is 5.90. The van der Waals surface area contributed by atoms with Crippen LogP contribution >= 0.6 is 0 Å². The minimum Gasteiger partial charge on any atom is -0.459 e. The van der Waals surface area contributed by atoms with Crippen LogP contribution in [0.25, 0.3) is 0 Å². The average molecular weight is 464 g/mol. The summed E-state index contributed by atoms with van der Waals surface area (Å²) in [5.74, 6) is -1.25. The Bertz CT molecular complexity index is 1240. The van der Waals surface area contributed by atoms with Crippen molar-refractivity contribution in [1.82, 2.24) is 14.5 Å². The summed E-state index contributed by atoms with van der Waals surface area (Å²) in [6.45, 7) is 3.65. The van der Waals surface area contributed by atoms with E-state index < -0.39 is 36.1 Å². The molecule has 1 aliphatic heterocycles. The van der Waals surface area contributed by atoms with Crippen LogP contribution in [0.5, 0.6) is 0 Å². The van der Waals surface area contributed by atoms with E-state index in [1.54, 1.807) is 48.5 Å². The number of rotatable bonds is 6. The molecule has 3 atom stereocenters. The van der Waals surface area contributed by atoms with Gasteiger partial charge in [-0.25, -0.2) is 19.4 Å². The molecule has 0 saturated carbocycles. The molecule has 1 fully saturated rings. The fourth-order valence-corrected chi connectivity index (χ4v) is 3.52. The zero-order valence-electron chi connectivity index (χ0n) is 18.7. The number of benzene rings is 2. The standard InChI is InChI=1S/C24H24N4O6/c1-14-3-7-16(8-4-14)21(29)32-12-19-18(34-22(30)17-9-5-15(2)6-10-17)11-20(33-19)28-13-26-23(25)27-24(28)31/h3-10,13,18-20H,11-12H2,1-2H3,(H2,25,27,31)/t18-,19+,20+/m0/s1. The van der Waals surface area contributed by atoms with E-state index in [0.29, 0.717) is 11.1 Å². The first-order chi connectivity index (χ1) is 16.3. The van der Waals surface area contributed by atoms with Gasteiger partial charge in [0.2, 0.25) is 5.95 Å². The van der Waals surface area contributed by atoms with Gasteiger partial charge in [-0.1, -0.05) is 35.4 Å². The van der Waals surface area contributed by atoms with Gasteiger partial charge in [0.05, 0.1) is 11.1 Å². The van der Waals surface area contributed by atoms with Crippen LogP contribution in [0.15, 0.2) is 59.7 Å². The molecule has 1 aromatic heterocycles. The normalized spacial score (nSPS) is 19.5. The molecule has 34 heavy (non-hydrogen) atoms. The number of carbonyl (C=O) groups is 2. The van der Waals surface area contributed by atoms with E-state index in [0.717, 1.165) is 15.7 Å². The lowest BCUT2D eigenvalue weighted by atomic mass is 10.1. The fourth-order valence-electron chi connectivity index (χ4n) is 3.52. The van der Waals surface area contributed by atoms with Gasteiger partial charge in [0, 0.05) is 6.42 Å². The van der Waals surface area contributed by atoms with E-state index in [9.17, 15) is 14.4 Å². The second-order valence-electron chi connectivity index (χ2n) is 8.04. The topological polar surface area (TPSA) is 136 Å². The van der Waals surface area contributed by atoms with Crippen molar-refractivity contribution in [3.8, 4) is 0 Å². The van der Waals surface area contributed by atoms with Crippen molar-refractivity contribution in [2.75, 3.05) is 12.3 Å². The molecule has 0 radical (unpaired) electrons. The maximum atomic E-state index is 12.7. The van der Waals surface area contributed by atoms with Crippen LogP contribution in [0.2, 0.25) is 0 Å². The van der Waals surface area contributed by atoms with Crippen molar-refractivity contribution in [1.29, 1.82) is 0 Å². The first-order valence-corrected chi connectivity index (χ1v) is 10.7. The highest BCUT2D eigenvalue weighted by atomic mass is 16.6. The van der Waals surface area contributed by atoms with Crippen molar-refractivity contribution >= 4 is 17.9 Å². The molecular weight excluding hydrogens is 440 g/mol. The lowest BCUT2D eigenvalue weighted by molar-refractivity contribution is -0.0584. The molecule has 176 valence electrons. The number of anilines is 1. The van der Waals surface area contributed by atoms with Crippen molar-refractivity contribution in [3.05, 3.63) is 87.6 Å². The van der Waals surface area contributed by atoms with E-state index in [2.05, 4.69) is 9.97 Å². The Balaban J connectivity index is 1.50. The lowest BCUT2D eigenvalue weighted by Gasteiger charge is -2.19. The number of carbonyl (C=O) groups excluding carboxylic acids is 2. The molecule has 4 rings (SSSR count). The summed E-state index contributed by atoms with van der Waals surface area (Å²) in [7, 11) is 0. The quantitative estimate of drug-likeness (QED) is 0.545. The van der Waals surface area contributed by atoms with Gasteiger partial charge in [-0.15, -0.1) is 0 Å². The van der Waals surface area contributed by atoms with Crippen molar-refractivity contribution < 1.29 is 23.8 Å². The fraction of sp³-hybridized carbons (Fsp3) is 0.292. The SMILES string of the molecule is Cc1ccc(C(=O)OC[C@H]2O[C@@H](n3cnc(N)nc3=O)C[C@@H]2OC(=O)c2ccc(C)cc2)cc1. The maximum absolute atomic E-state index is 12.7. The summed E-state index contributed by atoms with van der Waals surface area (Å²) < 4.78 is 18.2. The minimum absolute atomic E-state index is 0.136. The number of hydrogen-bond donors (Lipinski definition) is 1. The summed E-state index contributed by atoms with van der Waals surface area (Å²) in [5.41, 5.74) is 7.58. The average Bonchev–Trinajstić information content (AvgIpc) is 3.20. The molecule has 0 unspecified atom stereocenters. The smallest absolute Gasteiger partial charge is 0.354 e. The third-order valence-electron chi connectivity index (χ3n) is 5.45. The van der Waals surface area contributed by atoms with E-state index in [4.69, 9.17) is 19.9 Å². The van der Waals surface area contributed by atoms with Crippen LogP contribution in [0.3, 0.4) is 0 Å². The molecule has 2 N–H and O–H groups in total. The molecule has 10 heteroatoms. The zero-order valence-corrected chi connectivity index (χ0v) is 18.7.